The highest BCUT2D eigenvalue weighted by Crippen LogP contribution is 2.33. The van der Waals surface area contributed by atoms with E-state index in [4.69, 9.17) is 55.9 Å². The third kappa shape index (κ3) is 8.16. The van der Waals surface area contributed by atoms with E-state index in [-0.39, 0.29) is 0 Å². The molecule has 1 aliphatic rings. The highest BCUT2D eigenvalue weighted by atomic mass is 35.5. The van der Waals surface area contributed by atoms with Gasteiger partial charge in [-0.1, -0.05) is 123 Å². The molecule has 268 valence electrons. The van der Waals surface area contributed by atoms with Gasteiger partial charge in [-0.15, -0.1) is 0 Å². The van der Waals surface area contributed by atoms with Crippen LogP contribution in [0.25, 0.3) is 11.4 Å². The summed E-state index contributed by atoms with van der Waals surface area (Å²) in [5, 5.41) is 31.7. The molecule has 0 atom stereocenters. The van der Waals surface area contributed by atoms with Crippen molar-refractivity contribution in [3.8, 4) is 28.6 Å². The van der Waals surface area contributed by atoms with Crippen molar-refractivity contribution in [3.63, 3.8) is 0 Å². The normalized spacial score (nSPS) is 11.6. The number of hydrogen-bond acceptors (Lipinski definition) is 10. The number of aromatic nitrogens is 8. The third-order valence-electron chi connectivity index (χ3n) is 8.21. The number of nitrogens with one attached hydrogen (secondary N) is 2. The van der Waals surface area contributed by atoms with Crippen molar-refractivity contribution < 1.29 is 9.47 Å². The standard InChI is InChI=1S/C21H17Cl2N5O.C16H13Cl2N5O/c1-14-7-2-4-11-18(14)29-19-12-5-3-8-15(19)13-24-21-25-26-27-28(21)17-10-6-9-16(22)20(17)23;17-12-5-2-6-13(14(12)18)23-16(20-21-22-23)19-9-11-4-1-3-10-7-8-24-15(10)11/h2-12H,13H2,1H3,(H,24,25,27);1-6H,7-9H2,(H,19,20,22). The van der Waals surface area contributed by atoms with Crippen molar-refractivity contribution in [1.82, 2.24) is 40.4 Å². The van der Waals surface area contributed by atoms with Crippen LogP contribution in [0.2, 0.25) is 20.1 Å². The average molecular weight is 789 g/mol. The summed E-state index contributed by atoms with van der Waals surface area (Å²) in [5.74, 6) is 3.45. The van der Waals surface area contributed by atoms with Crippen LogP contribution < -0.4 is 20.1 Å². The fourth-order valence-electron chi connectivity index (χ4n) is 5.54. The molecule has 0 aliphatic carbocycles. The van der Waals surface area contributed by atoms with E-state index in [9.17, 15) is 0 Å². The molecule has 0 amide bonds. The number of aryl methyl sites for hydroxylation is 1. The van der Waals surface area contributed by atoms with E-state index >= 15 is 0 Å². The van der Waals surface area contributed by atoms with E-state index in [0.717, 1.165) is 47.0 Å². The van der Waals surface area contributed by atoms with Crippen LogP contribution in [0.5, 0.6) is 17.2 Å². The number of fused-ring (bicyclic) bond motifs is 1. The Morgan fingerprint density at radius 3 is 1.83 bits per heavy atom. The lowest BCUT2D eigenvalue weighted by atomic mass is 10.1. The summed E-state index contributed by atoms with van der Waals surface area (Å²) in [6.45, 7) is 3.74. The second kappa shape index (κ2) is 16.5. The van der Waals surface area contributed by atoms with Crippen LogP contribution in [0.4, 0.5) is 11.9 Å². The molecule has 12 nitrogen and oxygen atoms in total. The summed E-state index contributed by atoms with van der Waals surface area (Å²) in [6, 6.07) is 32.5. The lowest BCUT2D eigenvalue weighted by Gasteiger charge is -2.14. The minimum Gasteiger partial charge on any atom is -0.493 e. The van der Waals surface area contributed by atoms with Crippen LogP contribution in [-0.2, 0) is 19.5 Å². The topological polar surface area (TPSA) is 130 Å². The quantitative estimate of drug-likeness (QED) is 0.138. The number of rotatable bonds is 10. The van der Waals surface area contributed by atoms with Gasteiger partial charge >= 0.3 is 0 Å². The maximum atomic E-state index is 6.31. The molecule has 8 rings (SSSR count). The van der Waals surface area contributed by atoms with Crippen LogP contribution >= 0.6 is 46.4 Å². The minimum absolute atomic E-state index is 0.382. The number of para-hydroxylation sites is 3. The van der Waals surface area contributed by atoms with Gasteiger partial charge in [-0.2, -0.15) is 9.36 Å². The van der Waals surface area contributed by atoms with Crippen molar-refractivity contribution in [2.24, 2.45) is 0 Å². The number of anilines is 2. The molecule has 0 fully saturated rings. The Morgan fingerprint density at radius 2 is 1.19 bits per heavy atom. The van der Waals surface area contributed by atoms with Crippen LogP contribution in [0, 0.1) is 6.92 Å². The molecule has 0 saturated heterocycles. The molecule has 5 aromatic carbocycles. The van der Waals surface area contributed by atoms with Crippen LogP contribution in [0.15, 0.2) is 103 Å². The van der Waals surface area contributed by atoms with E-state index in [1.165, 1.54) is 14.9 Å². The van der Waals surface area contributed by atoms with E-state index in [1.807, 2.05) is 67.6 Å². The van der Waals surface area contributed by atoms with E-state index in [2.05, 4.69) is 47.8 Å². The second-order valence-corrected chi connectivity index (χ2v) is 13.2. The minimum atomic E-state index is 0.382. The lowest BCUT2D eigenvalue weighted by Crippen LogP contribution is -2.08. The van der Waals surface area contributed by atoms with Gasteiger partial charge in [0.15, 0.2) is 0 Å². The molecule has 3 heterocycles. The fraction of sp³-hybridized carbons (Fsp3) is 0.135. The van der Waals surface area contributed by atoms with Gasteiger partial charge in [0.25, 0.3) is 0 Å². The highest BCUT2D eigenvalue weighted by Gasteiger charge is 2.18. The molecule has 0 unspecified atom stereocenters. The monoisotopic (exact) mass is 786 g/mol. The van der Waals surface area contributed by atoms with Crippen LogP contribution in [0.1, 0.15) is 22.3 Å². The molecule has 0 saturated carbocycles. The number of ether oxygens (including phenoxy) is 2. The first kappa shape index (κ1) is 36.0. The first-order valence-electron chi connectivity index (χ1n) is 16.4. The zero-order valence-corrected chi connectivity index (χ0v) is 31.1. The van der Waals surface area contributed by atoms with Crippen LogP contribution in [-0.4, -0.2) is 47.0 Å². The van der Waals surface area contributed by atoms with E-state index in [1.54, 1.807) is 36.4 Å². The fourth-order valence-corrected chi connectivity index (χ4v) is 6.29. The molecular weight excluding hydrogens is 758 g/mol. The Hall–Kier alpha value is -5.40. The van der Waals surface area contributed by atoms with Gasteiger partial charge < -0.3 is 20.1 Å². The Balaban J connectivity index is 0.000000167. The molecule has 0 radical (unpaired) electrons. The number of hydrogen-bond donors (Lipinski definition) is 2. The van der Waals surface area contributed by atoms with Gasteiger partial charge in [0, 0.05) is 30.6 Å². The van der Waals surface area contributed by atoms with Gasteiger partial charge in [0.1, 0.15) is 17.2 Å². The maximum absolute atomic E-state index is 6.31. The molecule has 16 heteroatoms. The van der Waals surface area contributed by atoms with Gasteiger partial charge in [-0.05, 0) is 75.3 Å². The predicted octanol–water partition coefficient (Wildman–Crippen LogP) is 9.20. The zero-order valence-electron chi connectivity index (χ0n) is 28.0. The van der Waals surface area contributed by atoms with Crippen molar-refractivity contribution in [2.75, 3.05) is 17.2 Å². The van der Waals surface area contributed by atoms with Crippen molar-refractivity contribution in [1.29, 1.82) is 0 Å². The summed E-state index contributed by atoms with van der Waals surface area (Å²) < 4.78 is 14.9. The Morgan fingerprint density at radius 1 is 0.642 bits per heavy atom. The summed E-state index contributed by atoms with van der Waals surface area (Å²) in [4.78, 5) is 0. The van der Waals surface area contributed by atoms with Gasteiger partial charge in [0.05, 0.1) is 38.1 Å². The summed E-state index contributed by atoms with van der Waals surface area (Å²) in [7, 11) is 0. The largest absolute Gasteiger partial charge is 0.493 e. The third-order valence-corrected chi connectivity index (χ3v) is 9.83. The van der Waals surface area contributed by atoms with E-state index in [0.29, 0.717) is 56.5 Å². The molecular formula is C37H30Cl4N10O2. The van der Waals surface area contributed by atoms with Crippen molar-refractivity contribution >= 4 is 58.3 Å². The molecule has 2 N–H and O–H groups in total. The first-order valence-corrected chi connectivity index (χ1v) is 17.9. The van der Waals surface area contributed by atoms with Crippen molar-refractivity contribution in [2.45, 2.75) is 26.4 Å². The molecule has 2 aromatic heterocycles. The molecule has 53 heavy (non-hydrogen) atoms. The first-order chi connectivity index (χ1) is 25.9. The number of nitrogens with zero attached hydrogens (tertiary/aromatic N) is 8. The van der Waals surface area contributed by atoms with E-state index < -0.39 is 0 Å². The van der Waals surface area contributed by atoms with Crippen molar-refractivity contribution in [3.05, 3.63) is 145 Å². The smallest absolute Gasteiger partial charge is 0.248 e. The average Bonchev–Trinajstić information content (AvgIpc) is 3.96. The molecule has 0 bridgehead atoms. The summed E-state index contributed by atoms with van der Waals surface area (Å²) >= 11 is 24.7. The lowest BCUT2D eigenvalue weighted by molar-refractivity contribution is 0.354. The Kier molecular flexibility index (Phi) is 11.2. The maximum Gasteiger partial charge on any atom is 0.248 e. The zero-order chi connectivity index (χ0) is 36.7. The molecule has 7 aromatic rings. The number of halogens is 4. The molecule has 0 spiro atoms. The van der Waals surface area contributed by atoms with Gasteiger partial charge in [-0.25, -0.2) is 0 Å². The predicted molar refractivity (Wildman–Crippen MR) is 206 cm³/mol. The van der Waals surface area contributed by atoms with Gasteiger partial charge in [-0.3, -0.25) is 0 Å². The number of tetrazole rings is 2. The Bertz CT molecular complexity index is 2370. The molecule has 1 aliphatic heterocycles. The number of benzene rings is 5. The Labute approximate surface area is 324 Å². The van der Waals surface area contributed by atoms with Crippen LogP contribution in [0.3, 0.4) is 0 Å². The summed E-state index contributed by atoms with van der Waals surface area (Å²) in [5.41, 5.74) is 5.53. The SMILES string of the molecule is Cc1ccccc1Oc1ccccc1CNc1nnnn1-c1cccc(Cl)c1Cl.Clc1cccc(-n2nnnc2NCc2cccc3c2OCC3)c1Cl. The highest BCUT2D eigenvalue weighted by molar-refractivity contribution is 6.43. The summed E-state index contributed by atoms with van der Waals surface area (Å²) in [6.07, 6.45) is 0.943. The van der Waals surface area contributed by atoms with Gasteiger partial charge in [0.2, 0.25) is 11.9 Å². The second-order valence-electron chi connectivity index (χ2n) is 11.7.